The Balaban J connectivity index is 2.76. The fourth-order valence-electron chi connectivity index (χ4n) is 1.38. The molecule has 0 aliphatic rings. The number of rotatable bonds is 2. The monoisotopic (exact) mass is 207 g/mol. The highest BCUT2D eigenvalue weighted by atomic mass is 15.4. The summed E-state index contributed by atoms with van der Waals surface area (Å²) in [6, 6.07) is 0. The maximum absolute atomic E-state index is 5.63. The van der Waals surface area contributed by atoms with E-state index in [-0.39, 0.29) is 5.95 Å². The number of aryl methyl sites for hydroxylation is 1. The maximum atomic E-state index is 5.63. The molecule has 2 N–H and O–H groups in total. The Hall–Kier alpha value is -1.92. The molecule has 0 amide bonds. The molecule has 7 nitrogen and oxygen atoms in total. The molecule has 0 saturated heterocycles. The van der Waals surface area contributed by atoms with E-state index in [4.69, 9.17) is 5.73 Å². The molecule has 2 rings (SSSR count). The molecule has 0 saturated carbocycles. The summed E-state index contributed by atoms with van der Waals surface area (Å²) >= 11 is 0. The second-order valence-electron chi connectivity index (χ2n) is 3.38. The molecule has 7 heteroatoms. The van der Waals surface area contributed by atoms with Crippen LogP contribution in [0.25, 0.3) is 11.2 Å². The first kappa shape index (κ1) is 9.63. The van der Waals surface area contributed by atoms with Crippen LogP contribution in [0, 0.1) is 0 Å². The van der Waals surface area contributed by atoms with Gasteiger partial charge in [0.15, 0.2) is 17.0 Å². The summed E-state index contributed by atoms with van der Waals surface area (Å²) < 4.78 is 1.69. The highest BCUT2D eigenvalue weighted by Crippen LogP contribution is 2.20. The van der Waals surface area contributed by atoms with Crippen LogP contribution in [0.5, 0.6) is 0 Å². The van der Waals surface area contributed by atoms with Gasteiger partial charge in [-0.25, -0.2) is 4.68 Å². The number of nitrogen functional groups attached to an aromatic ring is 1. The van der Waals surface area contributed by atoms with Gasteiger partial charge in [0.05, 0.1) is 0 Å². The number of anilines is 2. The number of nitrogens with zero attached hydrogens (tertiary/aromatic N) is 6. The largest absolute Gasteiger partial charge is 0.368 e. The maximum Gasteiger partial charge on any atom is 0.224 e. The van der Waals surface area contributed by atoms with Crippen LogP contribution < -0.4 is 10.6 Å². The molecular weight excluding hydrogens is 194 g/mol. The molecule has 80 valence electrons. The lowest BCUT2D eigenvalue weighted by Gasteiger charge is -2.11. The van der Waals surface area contributed by atoms with Crippen molar-refractivity contribution in [1.82, 2.24) is 25.0 Å². The van der Waals surface area contributed by atoms with E-state index in [0.29, 0.717) is 23.5 Å². The first-order valence-electron chi connectivity index (χ1n) is 4.67. The van der Waals surface area contributed by atoms with Gasteiger partial charge in [-0.1, -0.05) is 5.21 Å². The lowest BCUT2D eigenvalue weighted by atomic mass is 10.4. The van der Waals surface area contributed by atoms with Gasteiger partial charge in [-0.15, -0.1) is 5.10 Å². The quantitative estimate of drug-likeness (QED) is 0.739. The Morgan fingerprint density at radius 3 is 2.67 bits per heavy atom. The minimum Gasteiger partial charge on any atom is -0.368 e. The van der Waals surface area contributed by atoms with Crippen LogP contribution in [0.1, 0.15) is 6.92 Å². The molecule has 2 heterocycles. The van der Waals surface area contributed by atoms with Gasteiger partial charge in [-0.2, -0.15) is 9.97 Å². The Morgan fingerprint density at radius 1 is 1.33 bits per heavy atom. The van der Waals surface area contributed by atoms with Crippen molar-refractivity contribution in [3.05, 3.63) is 0 Å². The fourth-order valence-corrected chi connectivity index (χ4v) is 1.38. The van der Waals surface area contributed by atoms with Crippen LogP contribution in [0.4, 0.5) is 11.8 Å². The third kappa shape index (κ3) is 1.45. The van der Waals surface area contributed by atoms with E-state index in [1.807, 2.05) is 25.9 Å². The molecule has 0 aliphatic carbocycles. The number of fused-ring (bicyclic) bond motifs is 1. The van der Waals surface area contributed by atoms with Crippen molar-refractivity contribution in [2.75, 3.05) is 24.7 Å². The number of aromatic nitrogens is 5. The Labute approximate surface area is 86.9 Å². The van der Waals surface area contributed by atoms with Crippen molar-refractivity contribution >= 4 is 22.9 Å². The van der Waals surface area contributed by atoms with Crippen molar-refractivity contribution in [1.29, 1.82) is 0 Å². The summed E-state index contributed by atoms with van der Waals surface area (Å²) in [5, 5.41) is 8.02. The Bertz CT molecular complexity index is 487. The van der Waals surface area contributed by atoms with Crippen molar-refractivity contribution in [2.45, 2.75) is 13.5 Å². The summed E-state index contributed by atoms with van der Waals surface area (Å²) in [5.74, 6) is 0.931. The van der Waals surface area contributed by atoms with Crippen molar-refractivity contribution in [3.63, 3.8) is 0 Å². The number of hydrogen-bond acceptors (Lipinski definition) is 6. The zero-order chi connectivity index (χ0) is 11.0. The molecule has 0 radical (unpaired) electrons. The van der Waals surface area contributed by atoms with E-state index in [1.54, 1.807) is 4.68 Å². The number of nitrogens with two attached hydrogens (primary N) is 1. The van der Waals surface area contributed by atoms with Crippen LogP contribution in [0.2, 0.25) is 0 Å². The lowest BCUT2D eigenvalue weighted by Crippen LogP contribution is -2.13. The van der Waals surface area contributed by atoms with Gasteiger partial charge in [0.1, 0.15) is 0 Å². The van der Waals surface area contributed by atoms with E-state index in [1.165, 1.54) is 0 Å². The van der Waals surface area contributed by atoms with Crippen molar-refractivity contribution < 1.29 is 0 Å². The third-order valence-electron chi connectivity index (χ3n) is 2.08. The normalized spacial score (nSPS) is 10.9. The minimum absolute atomic E-state index is 0.239. The van der Waals surface area contributed by atoms with Crippen molar-refractivity contribution in [2.24, 2.45) is 0 Å². The summed E-state index contributed by atoms with van der Waals surface area (Å²) in [4.78, 5) is 10.1. The summed E-state index contributed by atoms with van der Waals surface area (Å²) in [6.07, 6.45) is 0. The summed E-state index contributed by atoms with van der Waals surface area (Å²) in [6.45, 7) is 2.68. The molecule has 15 heavy (non-hydrogen) atoms. The molecule has 0 fully saturated rings. The predicted octanol–water partition coefficient (Wildman–Crippen LogP) is -0.111. The van der Waals surface area contributed by atoms with Crippen LogP contribution >= 0.6 is 0 Å². The fraction of sp³-hybridized carbons (Fsp3) is 0.500. The third-order valence-corrected chi connectivity index (χ3v) is 2.08. The van der Waals surface area contributed by atoms with Crippen LogP contribution in [-0.4, -0.2) is 39.1 Å². The standard InChI is InChI=1S/C8H13N7/c1-4-15-7-5(12-13-15)6(14(2)3)10-8(9)11-7/h4H2,1-3H3,(H2,9,10,11). The van der Waals surface area contributed by atoms with Crippen LogP contribution in [0.3, 0.4) is 0 Å². The van der Waals surface area contributed by atoms with Crippen LogP contribution in [-0.2, 0) is 6.54 Å². The van der Waals surface area contributed by atoms with Crippen LogP contribution in [0.15, 0.2) is 0 Å². The molecule has 0 atom stereocenters. The zero-order valence-corrected chi connectivity index (χ0v) is 8.97. The van der Waals surface area contributed by atoms with E-state index in [2.05, 4.69) is 20.3 Å². The minimum atomic E-state index is 0.239. The van der Waals surface area contributed by atoms with Gasteiger partial charge < -0.3 is 10.6 Å². The SMILES string of the molecule is CCn1nnc2c(N(C)C)nc(N)nc21. The van der Waals surface area contributed by atoms with Gasteiger partial charge in [-0.05, 0) is 6.92 Å². The van der Waals surface area contributed by atoms with Gasteiger partial charge in [-0.3, -0.25) is 0 Å². The second kappa shape index (κ2) is 3.34. The molecular formula is C8H13N7. The Kier molecular flexibility index (Phi) is 2.14. The summed E-state index contributed by atoms with van der Waals surface area (Å²) in [5.41, 5.74) is 6.98. The molecule has 0 bridgehead atoms. The molecule has 2 aromatic rings. The first-order valence-corrected chi connectivity index (χ1v) is 4.67. The molecule has 0 unspecified atom stereocenters. The van der Waals surface area contributed by atoms with E-state index in [9.17, 15) is 0 Å². The molecule has 0 spiro atoms. The summed E-state index contributed by atoms with van der Waals surface area (Å²) in [7, 11) is 3.76. The Morgan fingerprint density at radius 2 is 2.07 bits per heavy atom. The molecule has 0 aliphatic heterocycles. The highest BCUT2D eigenvalue weighted by molar-refractivity contribution is 5.83. The average molecular weight is 207 g/mol. The zero-order valence-electron chi connectivity index (χ0n) is 8.97. The average Bonchev–Trinajstić information content (AvgIpc) is 2.58. The van der Waals surface area contributed by atoms with E-state index < -0.39 is 0 Å². The highest BCUT2D eigenvalue weighted by Gasteiger charge is 2.13. The lowest BCUT2D eigenvalue weighted by molar-refractivity contribution is 0.641. The topological polar surface area (TPSA) is 85.8 Å². The number of hydrogen-bond donors (Lipinski definition) is 1. The van der Waals surface area contributed by atoms with Gasteiger partial charge in [0.2, 0.25) is 5.95 Å². The van der Waals surface area contributed by atoms with Crippen molar-refractivity contribution in [3.8, 4) is 0 Å². The molecule has 0 aromatic carbocycles. The first-order chi connectivity index (χ1) is 7.13. The predicted molar refractivity (Wildman–Crippen MR) is 57.5 cm³/mol. The van der Waals surface area contributed by atoms with Gasteiger partial charge in [0.25, 0.3) is 0 Å². The second-order valence-corrected chi connectivity index (χ2v) is 3.38. The molecule has 2 aromatic heterocycles. The smallest absolute Gasteiger partial charge is 0.224 e. The van der Waals surface area contributed by atoms with Gasteiger partial charge >= 0.3 is 0 Å². The van der Waals surface area contributed by atoms with E-state index >= 15 is 0 Å². The van der Waals surface area contributed by atoms with E-state index in [0.717, 1.165) is 0 Å². The van der Waals surface area contributed by atoms with Gasteiger partial charge in [0, 0.05) is 20.6 Å².